The zero-order chi connectivity index (χ0) is 14.8. The van der Waals surface area contributed by atoms with E-state index in [0.29, 0.717) is 6.54 Å². The molecule has 0 radical (unpaired) electrons. The number of nitrogens with zero attached hydrogens (tertiary/aromatic N) is 5. The molecule has 0 amide bonds. The maximum Gasteiger partial charge on any atom is 0.358 e. The molecule has 0 spiro atoms. The van der Waals surface area contributed by atoms with E-state index in [-0.39, 0.29) is 11.2 Å². The quantitative estimate of drug-likeness (QED) is 0.860. The van der Waals surface area contributed by atoms with Crippen LogP contribution in [0.3, 0.4) is 0 Å². The van der Waals surface area contributed by atoms with Gasteiger partial charge in [0.2, 0.25) is 0 Å². The van der Waals surface area contributed by atoms with Crippen molar-refractivity contribution in [1.82, 2.24) is 24.8 Å². The van der Waals surface area contributed by atoms with E-state index in [1.54, 1.807) is 4.68 Å². The van der Waals surface area contributed by atoms with Gasteiger partial charge in [0.15, 0.2) is 5.69 Å². The van der Waals surface area contributed by atoms with Gasteiger partial charge in [-0.2, -0.15) is 0 Å². The van der Waals surface area contributed by atoms with Crippen molar-refractivity contribution in [2.75, 3.05) is 32.7 Å². The maximum atomic E-state index is 10.7. The molecule has 1 aromatic rings. The van der Waals surface area contributed by atoms with Crippen molar-refractivity contribution in [2.45, 2.75) is 32.9 Å². The topological polar surface area (TPSA) is 74.5 Å². The van der Waals surface area contributed by atoms with E-state index in [2.05, 4.69) is 40.9 Å². The summed E-state index contributed by atoms with van der Waals surface area (Å²) in [5, 5.41) is 16.2. The SMILES string of the molecule is CC(C)(C)N1CCN(CCn2cc(C(=O)O)nn2)CC1. The first-order valence-corrected chi connectivity index (χ1v) is 6.97. The fourth-order valence-corrected chi connectivity index (χ4v) is 2.39. The lowest BCUT2D eigenvalue weighted by Gasteiger charge is -2.42. The van der Waals surface area contributed by atoms with Crippen molar-refractivity contribution in [3.05, 3.63) is 11.9 Å². The molecule has 1 aromatic heterocycles. The number of carboxylic acids is 1. The molecule has 1 fully saturated rings. The summed E-state index contributed by atoms with van der Waals surface area (Å²) < 4.78 is 1.60. The van der Waals surface area contributed by atoms with Crippen LogP contribution in [0.15, 0.2) is 6.20 Å². The molecule has 7 heteroatoms. The lowest BCUT2D eigenvalue weighted by Crippen LogP contribution is -2.53. The predicted molar refractivity (Wildman–Crippen MR) is 74.7 cm³/mol. The van der Waals surface area contributed by atoms with Crippen molar-refractivity contribution >= 4 is 5.97 Å². The van der Waals surface area contributed by atoms with Crippen molar-refractivity contribution in [1.29, 1.82) is 0 Å². The number of piperazine rings is 1. The zero-order valence-electron chi connectivity index (χ0n) is 12.4. The minimum absolute atomic E-state index is 0.00236. The first-order chi connectivity index (χ1) is 9.36. The van der Waals surface area contributed by atoms with Crippen LogP contribution in [0, 0.1) is 0 Å². The molecule has 1 saturated heterocycles. The molecule has 0 aromatic carbocycles. The summed E-state index contributed by atoms with van der Waals surface area (Å²) in [6.07, 6.45) is 1.48. The molecular weight excluding hydrogens is 258 g/mol. The Balaban J connectivity index is 1.77. The molecule has 7 nitrogen and oxygen atoms in total. The number of hydrogen-bond donors (Lipinski definition) is 1. The van der Waals surface area contributed by atoms with Crippen LogP contribution in [0.2, 0.25) is 0 Å². The third-order valence-corrected chi connectivity index (χ3v) is 3.72. The predicted octanol–water partition coefficient (Wildman–Crippen LogP) is 0.392. The van der Waals surface area contributed by atoms with Crippen LogP contribution in [0.25, 0.3) is 0 Å². The third-order valence-electron chi connectivity index (χ3n) is 3.72. The molecule has 0 bridgehead atoms. The summed E-state index contributed by atoms with van der Waals surface area (Å²) in [4.78, 5) is 15.6. The molecule has 0 unspecified atom stereocenters. The van der Waals surface area contributed by atoms with Gasteiger partial charge in [-0.1, -0.05) is 5.21 Å². The smallest absolute Gasteiger partial charge is 0.358 e. The lowest BCUT2D eigenvalue weighted by molar-refractivity contribution is 0.0604. The minimum Gasteiger partial charge on any atom is -0.476 e. The Hall–Kier alpha value is -1.47. The third kappa shape index (κ3) is 3.77. The van der Waals surface area contributed by atoms with Gasteiger partial charge >= 0.3 is 5.97 Å². The van der Waals surface area contributed by atoms with Crippen LogP contribution in [-0.2, 0) is 6.54 Å². The van der Waals surface area contributed by atoms with Crippen LogP contribution >= 0.6 is 0 Å². The van der Waals surface area contributed by atoms with Crippen molar-refractivity contribution in [2.24, 2.45) is 0 Å². The van der Waals surface area contributed by atoms with Crippen LogP contribution in [0.1, 0.15) is 31.3 Å². The highest BCUT2D eigenvalue weighted by atomic mass is 16.4. The number of hydrogen-bond acceptors (Lipinski definition) is 5. The van der Waals surface area contributed by atoms with Crippen LogP contribution in [-0.4, -0.2) is 74.1 Å². The van der Waals surface area contributed by atoms with E-state index in [4.69, 9.17) is 5.11 Å². The fourth-order valence-electron chi connectivity index (χ4n) is 2.39. The van der Waals surface area contributed by atoms with E-state index in [1.165, 1.54) is 6.20 Å². The van der Waals surface area contributed by atoms with E-state index < -0.39 is 5.97 Å². The van der Waals surface area contributed by atoms with Crippen molar-refractivity contribution in [3.8, 4) is 0 Å². The largest absolute Gasteiger partial charge is 0.476 e. The first kappa shape index (κ1) is 14.9. The fraction of sp³-hybridized carbons (Fsp3) is 0.769. The van der Waals surface area contributed by atoms with E-state index in [0.717, 1.165) is 32.7 Å². The summed E-state index contributed by atoms with van der Waals surface area (Å²) in [7, 11) is 0. The second-order valence-corrected chi connectivity index (χ2v) is 6.17. The Labute approximate surface area is 119 Å². The van der Waals surface area contributed by atoms with E-state index in [1.807, 2.05) is 0 Å². The molecule has 0 aliphatic carbocycles. The normalized spacial score (nSPS) is 18.4. The van der Waals surface area contributed by atoms with E-state index in [9.17, 15) is 4.79 Å². The van der Waals surface area contributed by atoms with Gasteiger partial charge in [0, 0.05) is 38.3 Å². The summed E-state index contributed by atoms with van der Waals surface area (Å²) in [5.74, 6) is -1.03. The Morgan fingerprint density at radius 3 is 2.40 bits per heavy atom. The Morgan fingerprint density at radius 1 is 1.25 bits per heavy atom. The van der Waals surface area contributed by atoms with Gasteiger partial charge in [-0.3, -0.25) is 14.5 Å². The number of carboxylic acid groups (broad SMARTS) is 1. The lowest BCUT2D eigenvalue weighted by atomic mass is 10.1. The van der Waals surface area contributed by atoms with Crippen LogP contribution < -0.4 is 0 Å². The van der Waals surface area contributed by atoms with Gasteiger partial charge < -0.3 is 5.11 Å². The van der Waals surface area contributed by atoms with Crippen molar-refractivity contribution in [3.63, 3.8) is 0 Å². The molecule has 0 atom stereocenters. The second-order valence-electron chi connectivity index (χ2n) is 6.17. The number of aromatic nitrogens is 3. The zero-order valence-corrected chi connectivity index (χ0v) is 12.4. The van der Waals surface area contributed by atoms with Gasteiger partial charge in [-0.25, -0.2) is 4.79 Å². The monoisotopic (exact) mass is 281 g/mol. The standard InChI is InChI=1S/C13H23N5O2/c1-13(2,3)17-7-4-16(5-8-17)6-9-18-10-11(12(19)20)14-15-18/h10H,4-9H2,1-3H3,(H,19,20). The summed E-state index contributed by atoms with van der Waals surface area (Å²) in [5.41, 5.74) is 0.233. The van der Waals surface area contributed by atoms with Gasteiger partial charge in [-0.15, -0.1) is 5.10 Å². The summed E-state index contributed by atoms with van der Waals surface area (Å²) in [6, 6.07) is 0. The molecule has 1 aliphatic rings. The molecule has 1 N–H and O–H groups in total. The highest BCUT2D eigenvalue weighted by Crippen LogP contribution is 2.15. The molecule has 0 saturated carbocycles. The van der Waals surface area contributed by atoms with E-state index >= 15 is 0 Å². The molecule has 1 aliphatic heterocycles. The first-order valence-electron chi connectivity index (χ1n) is 6.97. The number of rotatable bonds is 4. The van der Waals surface area contributed by atoms with Gasteiger partial charge in [0.05, 0.1) is 12.7 Å². The van der Waals surface area contributed by atoms with Crippen LogP contribution in [0.5, 0.6) is 0 Å². The molecule has 112 valence electrons. The van der Waals surface area contributed by atoms with Crippen LogP contribution in [0.4, 0.5) is 0 Å². The highest BCUT2D eigenvalue weighted by molar-refractivity contribution is 5.84. The molecule has 2 heterocycles. The second kappa shape index (κ2) is 5.88. The minimum atomic E-state index is -1.03. The highest BCUT2D eigenvalue weighted by Gasteiger charge is 2.25. The average molecular weight is 281 g/mol. The number of aromatic carboxylic acids is 1. The molecular formula is C13H23N5O2. The average Bonchev–Trinajstić information content (AvgIpc) is 2.85. The van der Waals surface area contributed by atoms with Gasteiger partial charge in [0.1, 0.15) is 0 Å². The maximum absolute atomic E-state index is 10.7. The van der Waals surface area contributed by atoms with Gasteiger partial charge in [-0.05, 0) is 20.8 Å². The number of carbonyl (C=O) groups is 1. The van der Waals surface area contributed by atoms with Crippen molar-refractivity contribution < 1.29 is 9.90 Å². The Bertz CT molecular complexity index is 458. The summed E-state index contributed by atoms with van der Waals surface area (Å²) >= 11 is 0. The summed E-state index contributed by atoms with van der Waals surface area (Å²) in [6.45, 7) is 12.5. The molecule has 2 rings (SSSR count). The Morgan fingerprint density at radius 2 is 1.90 bits per heavy atom. The molecule has 20 heavy (non-hydrogen) atoms. The Kier molecular flexibility index (Phi) is 4.39. The van der Waals surface area contributed by atoms with Gasteiger partial charge in [0.25, 0.3) is 0 Å².